The maximum absolute atomic E-state index is 14.3. The predicted molar refractivity (Wildman–Crippen MR) is 77.7 cm³/mol. The Hall–Kier alpha value is -1.92. The number of ether oxygens (including phenoxy) is 1. The number of aliphatic imine (C=N–C) groups is 1. The van der Waals surface area contributed by atoms with Crippen LogP contribution in [0.4, 0.5) is 18.9 Å². The van der Waals surface area contributed by atoms with Crippen LogP contribution in [0.5, 0.6) is 0 Å². The molecule has 1 aliphatic heterocycles. The molecule has 1 aliphatic carbocycles. The standard InChI is InChI=1S/C15H18F3N3O/c1-14(15(17,18)8-22-13(19)20-14)11-7-10(5-6-12(11)16)21(2)9-3-4-9/h5-7,9H,3-4,8H2,1-2H3,(H2,19,20)/t14-/m1/s1. The molecule has 0 unspecified atom stereocenters. The first kappa shape index (κ1) is 15.0. The molecule has 1 fully saturated rings. The summed E-state index contributed by atoms with van der Waals surface area (Å²) in [7, 11) is 1.87. The number of amidine groups is 1. The number of halogens is 3. The molecule has 7 heteroatoms. The minimum atomic E-state index is -3.35. The van der Waals surface area contributed by atoms with Crippen LogP contribution in [0.1, 0.15) is 25.3 Å². The van der Waals surface area contributed by atoms with Crippen molar-refractivity contribution in [2.75, 3.05) is 18.6 Å². The lowest BCUT2D eigenvalue weighted by Gasteiger charge is -2.38. The molecule has 3 rings (SSSR count). The van der Waals surface area contributed by atoms with E-state index in [2.05, 4.69) is 9.73 Å². The van der Waals surface area contributed by atoms with Crippen LogP contribution in [-0.4, -0.2) is 31.6 Å². The van der Waals surface area contributed by atoms with Crippen LogP contribution in [0.3, 0.4) is 0 Å². The third kappa shape index (κ3) is 2.28. The topological polar surface area (TPSA) is 50.8 Å². The van der Waals surface area contributed by atoms with Gasteiger partial charge in [0.1, 0.15) is 5.82 Å². The Morgan fingerprint density at radius 2 is 2.05 bits per heavy atom. The maximum Gasteiger partial charge on any atom is 0.310 e. The summed E-state index contributed by atoms with van der Waals surface area (Å²) in [5.41, 5.74) is 3.87. The van der Waals surface area contributed by atoms with E-state index in [4.69, 9.17) is 5.73 Å². The summed E-state index contributed by atoms with van der Waals surface area (Å²) in [6.07, 6.45) is 2.10. The lowest BCUT2D eigenvalue weighted by molar-refractivity contribution is -0.117. The number of rotatable bonds is 3. The number of nitrogens with two attached hydrogens (primary N) is 1. The van der Waals surface area contributed by atoms with Gasteiger partial charge in [0.15, 0.2) is 12.1 Å². The highest BCUT2D eigenvalue weighted by molar-refractivity contribution is 5.73. The summed E-state index contributed by atoms with van der Waals surface area (Å²) in [4.78, 5) is 5.69. The van der Waals surface area contributed by atoms with Crippen molar-refractivity contribution in [2.45, 2.75) is 37.3 Å². The van der Waals surface area contributed by atoms with E-state index >= 15 is 0 Å². The maximum atomic E-state index is 14.3. The number of nitrogens with zero attached hydrogens (tertiary/aromatic N) is 2. The van der Waals surface area contributed by atoms with Gasteiger partial charge >= 0.3 is 5.92 Å². The van der Waals surface area contributed by atoms with E-state index in [0.717, 1.165) is 12.8 Å². The molecule has 2 aliphatic rings. The lowest BCUT2D eigenvalue weighted by atomic mass is 9.85. The Morgan fingerprint density at radius 3 is 2.68 bits per heavy atom. The molecule has 120 valence electrons. The summed E-state index contributed by atoms with van der Waals surface area (Å²) in [6, 6.07) is 4.25. The van der Waals surface area contributed by atoms with E-state index in [0.29, 0.717) is 11.7 Å². The predicted octanol–water partition coefficient (Wildman–Crippen LogP) is 2.62. The van der Waals surface area contributed by atoms with Crippen LogP contribution in [0.15, 0.2) is 23.2 Å². The first-order chi connectivity index (χ1) is 10.2. The highest BCUT2D eigenvalue weighted by Crippen LogP contribution is 2.45. The molecular formula is C15H18F3N3O. The Bertz CT molecular complexity index is 630. The van der Waals surface area contributed by atoms with Gasteiger partial charge in [0.25, 0.3) is 6.02 Å². The molecule has 0 aromatic heterocycles. The minimum Gasteiger partial charge on any atom is -0.459 e. The zero-order valence-electron chi connectivity index (χ0n) is 12.4. The highest BCUT2D eigenvalue weighted by atomic mass is 19.3. The second-order valence-electron chi connectivity index (χ2n) is 6.02. The number of hydrogen-bond acceptors (Lipinski definition) is 4. The molecule has 4 nitrogen and oxygen atoms in total. The fourth-order valence-electron chi connectivity index (χ4n) is 2.68. The summed E-state index contributed by atoms with van der Waals surface area (Å²) >= 11 is 0. The molecule has 1 saturated carbocycles. The lowest BCUT2D eigenvalue weighted by Crippen LogP contribution is -2.51. The van der Waals surface area contributed by atoms with Crippen molar-refractivity contribution in [3.8, 4) is 0 Å². The summed E-state index contributed by atoms with van der Waals surface area (Å²) in [5.74, 6) is -4.08. The molecule has 1 atom stereocenters. The van der Waals surface area contributed by atoms with E-state index in [1.807, 2.05) is 11.9 Å². The van der Waals surface area contributed by atoms with Crippen molar-refractivity contribution in [1.29, 1.82) is 0 Å². The van der Waals surface area contributed by atoms with E-state index < -0.39 is 23.9 Å². The first-order valence-corrected chi connectivity index (χ1v) is 7.13. The van der Waals surface area contributed by atoms with E-state index in [-0.39, 0.29) is 11.6 Å². The van der Waals surface area contributed by atoms with Crippen LogP contribution in [0.2, 0.25) is 0 Å². The molecule has 22 heavy (non-hydrogen) atoms. The quantitative estimate of drug-likeness (QED) is 0.933. The van der Waals surface area contributed by atoms with Crippen molar-refractivity contribution in [2.24, 2.45) is 10.7 Å². The van der Waals surface area contributed by atoms with Crippen LogP contribution in [0.25, 0.3) is 0 Å². The first-order valence-electron chi connectivity index (χ1n) is 7.13. The van der Waals surface area contributed by atoms with Gasteiger partial charge in [-0.1, -0.05) is 0 Å². The molecule has 0 radical (unpaired) electrons. The van der Waals surface area contributed by atoms with Gasteiger partial charge < -0.3 is 15.4 Å². The van der Waals surface area contributed by atoms with Gasteiger partial charge in [-0.25, -0.2) is 9.38 Å². The van der Waals surface area contributed by atoms with E-state index in [1.165, 1.54) is 19.1 Å². The molecule has 0 amide bonds. The Labute approximate surface area is 126 Å². The van der Waals surface area contributed by atoms with Gasteiger partial charge in [-0.05, 0) is 38.0 Å². The third-order valence-electron chi connectivity index (χ3n) is 4.42. The van der Waals surface area contributed by atoms with E-state index in [1.54, 1.807) is 6.07 Å². The normalized spacial score (nSPS) is 27.0. The zero-order chi connectivity index (χ0) is 16.1. The largest absolute Gasteiger partial charge is 0.459 e. The number of hydrogen-bond donors (Lipinski definition) is 1. The molecule has 1 heterocycles. The van der Waals surface area contributed by atoms with Gasteiger partial charge in [0, 0.05) is 24.3 Å². The van der Waals surface area contributed by atoms with Crippen LogP contribution >= 0.6 is 0 Å². The average molecular weight is 313 g/mol. The molecule has 0 spiro atoms. The molecule has 1 aromatic rings. The molecule has 0 saturated heterocycles. The molecule has 2 N–H and O–H groups in total. The average Bonchev–Trinajstić information content (AvgIpc) is 3.28. The zero-order valence-corrected chi connectivity index (χ0v) is 12.4. The van der Waals surface area contributed by atoms with Crippen molar-refractivity contribution >= 4 is 11.7 Å². The van der Waals surface area contributed by atoms with Gasteiger partial charge in [0.2, 0.25) is 0 Å². The van der Waals surface area contributed by atoms with Gasteiger partial charge in [-0.3, -0.25) is 0 Å². The molecule has 1 aromatic carbocycles. The van der Waals surface area contributed by atoms with Crippen LogP contribution in [-0.2, 0) is 10.3 Å². The smallest absolute Gasteiger partial charge is 0.310 e. The monoisotopic (exact) mass is 313 g/mol. The summed E-state index contributed by atoms with van der Waals surface area (Å²) < 4.78 is 47.5. The number of anilines is 1. The van der Waals surface area contributed by atoms with Crippen LogP contribution < -0.4 is 10.6 Å². The van der Waals surface area contributed by atoms with E-state index in [9.17, 15) is 13.2 Å². The summed E-state index contributed by atoms with van der Waals surface area (Å²) in [5, 5.41) is 0. The van der Waals surface area contributed by atoms with Gasteiger partial charge in [-0.15, -0.1) is 0 Å². The molecule has 0 bridgehead atoms. The van der Waals surface area contributed by atoms with Crippen LogP contribution in [0, 0.1) is 5.82 Å². The fraction of sp³-hybridized carbons (Fsp3) is 0.533. The SMILES string of the molecule is CN(c1ccc(F)c([C@@]2(C)N=C(N)OCC2(F)F)c1)C1CC1. The van der Waals surface area contributed by atoms with Crippen molar-refractivity contribution in [3.63, 3.8) is 0 Å². The third-order valence-corrected chi connectivity index (χ3v) is 4.42. The van der Waals surface area contributed by atoms with Gasteiger partial charge in [-0.2, -0.15) is 8.78 Å². The molecular weight excluding hydrogens is 295 g/mol. The highest BCUT2D eigenvalue weighted by Gasteiger charge is 2.56. The van der Waals surface area contributed by atoms with Crippen molar-refractivity contribution < 1.29 is 17.9 Å². The Balaban J connectivity index is 2.09. The van der Waals surface area contributed by atoms with Crippen molar-refractivity contribution in [1.82, 2.24) is 0 Å². The van der Waals surface area contributed by atoms with Gasteiger partial charge in [0.05, 0.1) is 0 Å². The second-order valence-corrected chi connectivity index (χ2v) is 6.02. The number of alkyl halides is 2. The minimum absolute atomic E-state index is 0.172. The fourth-order valence-corrected chi connectivity index (χ4v) is 2.68. The summed E-state index contributed by atoms with van der Waals surface area (Å²) in [6.45, 7) is 0.267. The Kier molecular flexibility index (Phi) is 3.27. The second kappa shape index (κ2) is 4.79. The van der Waals surface area contributed by atoms with Crippen molar-refractivity contribution in [3.05, 3.63) is 29.6 Å². The number of benzene rings is 1. The Morgan fingerprint density at radius 1 is 1.36 bits per heavy atom.